The lowest BCUT2D eigenvalue weighted by molar-refractivity contribution is -0.0854. The Labute approximate surface area is 103 Å². The second kappa shape index (κ2) is 5.17. The van der Waals surface area contributed by atoms with Gasteiger partial charge in [0.25, 0.3) is 0 Å². The number of piperidine rings is 1. The molecule has 17 heavy (non-hydrogen) atoms. The van der Waals surface area contributed by atoms with Gasteiger partial charge in [0.2, 0.25) is 0 Å². The van der Waals surface area contributed by atoms with Gasteiger partial charge in [-0.3, -0.25) is 4.90 Å². The van der Waals surface area contributed by atoms with Crippen LogP contribution >= 0.6 is 0 Å². The maximum atomic E-state index is 5.87. The molecule has 2 aliphatic rings. The Bertz CT molecular complexity index is 352. The van der Waals surface area contributed by atoms with E-state index in [9.17, 15) is 0 Å². The zero-order valence-electron chi connectivity index (χ0n) is 10.1. The van der Waals surface area contributed by atoms with Crippen molar-refractivity contribution in [3.63, 3.8) is 0 Å². The number of hydrogen-bond acceptors (Lipinski definition) is 3. The third-order valence-electron chi connectivity index (χ3n) is 3.80. The monoisotopic (exact) mass is 232 g/mol. The lowest BCUT2D eigenvalue weighted by Crippen LogP contribution is -2.58. The van der Waals surface area contributed by atoms with Gasteiger partial charge in [-0.1, -0.05) is 30.3 Å². The minimum Gasteiger partial charge on any atom is -0.375 e. The van der Waals surface area contributed by atoms with E-state index in [-0.39, 0.29) is 0 Å². The molecule has 3 rings (SSSR count). The first-order valence-corrected chi connectivity index (χ1v) is 6.54. The summed E-state index contributed by atoms with van der Waals surface area (Å²) in [5, 5.41) is 3.48. The van der Waals surface area contributed by atoms with Gasteiger partial charge in [0.05, 0.1) is 12.7 Å². The Morgan fingerprint density at radius 3 is 3.06 bits per heavy atom. The molecule has 92 valence electrons. The van der Waals surface area contributed by atoms with Crippen LogP contribution in [0.2, 0.25) is 0 Å². The summed E-state index contributed by atoms with van der Waals surface area (Å²) < 4.78 is 5.87. The molecule has 3 nitrogen and oxygen atoms in total. The lowest BCUT2D eigenvalue weighted by Gasteiger charge is -2.44. The average Bonchev–Trinajstić information content (AvgIpc) is 2.40. The quantitative estimate of drug-likeness (QED) is 0.830. The second-order valence-electron chi connectivity index (χ2n) is 4.93. The fraction of sp³-hybridized carbons (Fsp3) is 0.571. The third kappa shape index (κ3) is 2.51. The molecule has 0 amide bonds. The van der Waals surface area contributed by atoms with Gasteiger partial charge in [-0.05, 0) is 18.5 Å². The van der Waals surface area contributed by atoms with E-state index >= 15 is 0 Å². The molecule has 0 saturated carbocycles. The summed E-state index contributed by atoms with van der Waals surface area (Å²) in [5.41, 5.74) is 1.40. The molecule has 0 aromatic heterocycles. The Balaban J connectivity index is 1.69. The van der Waals surface area contributed by atoms with Gasteiger partial charge in [-0.25, -0.2) is 0 Å². The number of ether oxygens (including phenoxy) is 1. The smallest absolute Gasteiger partial charge is 0.0755 e. The SMILES string of the molecule is c1ccc(CN2CCO[C@H]3CCNC[C@H]32)cc1. The lowest BCUT2D eigenvalue weighted by atomic mass is 9.99. The summed E-state index contributed by atoms with van der Waals surface area (Å²) in [6, 6.07) is 11.3. The summed E-state index contributed by atoms with van der Waals surface area (Å²) in [5.74, 6) is 0. The van der Waals surface area contributed by atoms with E-state index in [2.05, 4.69) is 40.5 Å². The van der Waals surface area contributed by atoms with Crippen LogP contribution in [-0.2, 0) is 11.3 Å². The molecule has 1 aromatic rings. The van der Waals surface area contributed by atoms with Crippen LogP contribution < -0.4 is 5.32 Å². The largest absolute Gasteiger partial charge is 0.375 e. The van der Waals surface area contributed by atoms with Crippen molar-refractivity contribution in [2.45, 2.75) is 25.1 Å². The van der Waals surface area contributed by atoms with Crippen molar-refractivity contribution < 1.29 is 4.74 Å². The molecule has 2 heterocycles. The molecule has 1 aromatic carbocycles. The van der Waals surface area contributed by atoms with Gasteiger partial charge in [-0.2, -0.15) is 0 Å². The molecule has 0 spiro atoms. The standard InChI is InChI=1S/C14H20N2O/c1-2-4-12(5-3-1)11-16-8-9-17-14-6-7-15-10-13(14)16/h1-5,13-15H,6-11H2/t13-,14+/m1/s1. The highest BCUT2D eigenvalue weighted by molar-refractivity contribution is 5.15. The van der Waals surface area contributed by atoms with Crippen LogP contribution in [0.25, 0.3) is 0 Å². The number of fused-ring (bicyclic) bond motifs is 1. The first-order chi connectivity index (χ1) is 8.43. The fourth-order valence-corrected chi connectivity index (χ4v) is 2.88. The topological polar surface area (TPSA) is 24.5 Å². The van der Waals surface area contributed by atoms with E-state index in [1.54, 1.807) is 0 Å². The van der Waals surface area contributed by atoms with E-state index in [1.807, 2.05) is 0 Å². The van der Waals surface area contributed by atoms with Crippen molar-refractivity contribution in [1.29, 1.82) is 0 Å². The molecule has 1 N–H and O–H groups in total. The number of benzene rings is 1. The van der Waals surface area contributed by atoms with Gasteiger partial charge in [0.1, 0.15) is 0 Å². The Morgan fingerprint density at radius 2 is 2.18 bits per heavy atom. The maximum Gasteiger partial charge on any atom is 0.0755 e. The van der Waals surface area contributed by atoms with Crippen molar-refractivity contribution in [3.8, 4) is 0 Å². The number of morpholine rings is 1. The zero-order valence-corrected chi connectivity index (χ0v) is 10.1. The molecular weight excluding hydrogens is 212 g/mol. The van der Waals surface area contributed by atoms with Crippen molar-refractivity contribution in [1.82, 2.24) is 10.2 Å². The summed E-state index contributed by atoms with van der Waals surface area (Å²) in [6.07, 6.45) is 1.59. The van der Waals surface area contributed by atoms with E-state index in [1.165, 1.54) is 5.56 Å². The minimum atomic E-state index is 0.439. The molecule has 0 radical (unpaired) electrons. The van der Waals surface area contributed by atoms with E-state index in [4.69, 9.17) is 4.74 Å². The highest BCUT2D eigenvalue weighted by atomic mass is 16.5. The van der Waals surface area contributed by atoms with Gasteiger partial charge in [-0.15, -0.1) is 0 Å². The van der Waals surface area contributed by atoms with E-state index in [0.717, 1.165) is 39.2 Å². The van der Waals surface area contributed by atoms with Crippen LogP contribution in [0.5, 0.6) is 0 Å². The second-order valence-corrected chi connectivity index (χ2v) is 4.93. The van der Waals surface area contributed by atoms with Crippen molar-refractivity contribution >= 4 is 0 Å². The predicted octanol–water partition coefficient (Wildman–Crippen LogP) is 1.25. The van der Waals surface area contributed by atoms with Crippen LogP contribution in [0, 0.1) is 0 Å². The molecule has 2 saturated heterocycles. The highest BCUT2D eigenvalue weighted by Gasteiger charge is 2.33. The molecule has 0 aliphatic carbocycles. The summed E-state index contributed by atoms with van der Waals surface area (Å²) in [6.45, 7) is 5.15. The zero-order chi connectivity index (χ0) is 11.5. The van der Waals surface area contributed by atoms with Crippen molar-refractivity contribution in [2.24, 2.45) is 0 Å². The predicted molar refractivity (Wildman–Crippen MR) is 67.9 cm³/mol. The van der Waals surface area contributed by atoms with Crippen LogP contribution in [-0.4, -0.2) is 43.3 Å². The first kappa shape index (κ1) is 11.2. The van der Waals surface area contributed by atoms with Crippen molar-refractivity contribution in [2.75, 3.05) is 26.2 Å². The molecule has 2 aliphatic heterocycles. The fourth-order valence-electron chi connectivity index (χ4n) is 2.88. The van der Waals surface area contributed by atoms with Gasteiger partial charge >= 0.3 is 0 Å². The molecule has 3 heteroatoms. The first-order valence-electron chi connectivity index (χ1n) is 6.54. The summed E-state index contributed by atoms with van der Waals surface area (Å²) in [4.78, 5) is 2.57. The van der Waals surface area contributed by atoms with E-state index < -0.39 is 0 Å². The molecule has 0 unspecified atom stereocenters. The van der Waals surface area contributed by atoms with Crippen LogP contribution in [0.15, 0.2) is 30.3 Å². The van der Waals surface area contributed by atoms with Crippen LogP contribution in [0.3, 0.4) is 0 Å². The Kier molecular flexibility index (Phi) is 3.41. The van der Waals surface area contributed by atoms with Crippen LogP contribution in [0.4, 0.5) is 0 Å². The van der Waals surface area contributed by atoms with Crippen molar-refractivity contribution in [3.05, 3.63) is 35.9 Å². The number of hydrogen-bond donors (Lipinski definition) is 1. The minimum absolute atomic E-state index is 0.439. The van der Waals surface area contributed by atoms with E-state index in [0.29, 0.717) is 12.1 Å². The molecular formula is C14H20N2O. The summed E-state index contributed by atoms with van der Waals surface area (Å²) in [7, 11) is 0. The normalized spacial score (nSPS) is 29.9. The summed E-state index contributed by atoms with van der Waals surface area (Å²) >= 11 is 0. The Morgan fingerprint density at radius 1 is 1.29 bits per heavy atom. The molecule has 2 atom stereocenters. The Hall–Kier alpha value is -0.900. The number of nitrogens with one attached hydrogen (secondary N) is 1. The van der Waals surface area contributed by atoms with Gasteiger partial charge in [0, 0.05) is 25.7 Å². The highest BCUT2D eigenvalue weighted by Crippen LogP contribution is 2.21. The third-order valence-corrected chi connectivity index (χ3v) is 3.80. The maximum absolute atomic E-state index is 5.87. The van der Waals surface area contributed by atoms with Crippen LogP contribution in [0.1, 0.15) is 12.0 Å². The average molecular weight is 232 g/mol. The van der Waals surface area contributed by atoms with Gasteiger partial charge in [0.15, 0.2) is 0 Å². The molecule has 0 bridgehead atoms. The van der Waals surface area contributed by atoms with Gasteiger partial charge < -0.3 is 10.1 Å². The number of rotatable bonds is 2. The molecule has 2 fully saturated rings. The number of nitrogens with zero attached hydrogens (tertiary/aromatic N) is 1.